The van der Waals surface area contributed by atoms with Crippen LogP contribution in [0.4, 0.5) is 4.79 Å². The zero-order chi connectivity index (χ0) is 18.4. The molecule has 3 fully saturated rings. The highest BCUT2D eigenvalue weighted by atomic mass is 16.6. The van der Waals surface area contributed by atoms with Gasteiger partial charge >= 0.3 is 25.2 Å². The average Bonchev–Trinajstić information content (AvgIpc) is 3.15. The van der Waals surface area contributed by atoms with Crippen LogP contribution in [0.2, 0.25) is 5.82 Å². The van der Waals surface area contributed by atoms with E-state index in [1.165, 1.54) is 0 Å². The number of amides is 1. The van der Waals surface area contributed by atoms with Crippen LogP contribution in [0.25, 0.3) is 0 Å². The first-order chi connectivity index (χ1) is 11.6. The maximum Gasteiger partial charge on any atom is 0.602 e. The summed E-state index contributed by atoms with van der Waals surface area (Å²) in [5, 5.41) is 0. The van der Waals surface area contributed by atoms with E-state index in [4.69, 9.17) is 14.0 Å². The summed E-state index contributed by atoms with van der Waals surface area (Å²) in [6.45, 7) is 6.78. The van der Waals surface area contributed by atoms with Gasteiger partial charge in [-0.25, -0.2) is 4.79 Å². The molecule has 0 bridgehead atoms. The number of nitrogens with zero attached hydrogens (tertiary/aromatic N) is 2. The number of likely N-dealkylation sites (N-methyl/N-ethyl adjacent to an activating group) is 1. The second-order valence-electron chi connectivity index (χ2n) is 8.14. The number of likely N-dealkylation sites (tertiary alicyclic amines) is 1. The van der Waals surface area contributed by atoms with Crippen molar-refractivity contribution in [2.45, 2.75) is 38.6 Å². The molecule has 9 heteroatoms. The summed E-state index contributed by atoms with van der Waals surface area (Å²) < 4.78 is 16.1. The first kappa shape index (κ1) is 18.0. The Morgan fingerprint density at radius 1 is 1.16 bits per heavy atom. The molecule has 3 aliphatic rings. The molecule has 1 saturated carbocycles. The molecular formula is C16H25BN2O6. The van der Waals surface area contributed by atoms with Crippen LogP contribution in [0.5, 0.6) is 0 Å². The van der Waals surface area contributed by atoms with Crippen LogP contribution in [-0.4, -0.2) is 73.8 Å². The Kier molecular flexibility index (Phi) is 4.70. The molecule has 3 rings (SSSR count). The molecule has 3 atom stereocenters. The van der Waals surface area contributed by atoms with E-state index in [1.807, 2.05) is 20.8 Å². The molecule has 1 amide bonds. The van der Waals surface area contributed by atoms with Gasteiger partial charge in [0, 0.05) is 18.9 Å². The van der Waals surface area contributed by atoms with Crippen LogP contribution < -0.4 is 0 Å². The van der Waals surface area contributed by atoms with E-state index < -0.39 is 24.7 Å². The highest BCUT2D eigenvalue weighted by Crippen LogP contribution is 2.58. The summed E-state index contributed by atoms with van der Waals surface area (Å²) in [4.78, 5) is 39.3. The lowest BCUT2D eigenvalue weighted by Crippen LogP contribution is -2.43. The summed E-state index contributed by atoms with van der Waals surface area (Å²) in [6, 6.07) is 0. The number of ether oxygens (including phenoxy) is 1. The van der Waals surface area contributed by atoms with Crippen LogP contribution >= 0.6 is 0 Å². The minimum atomic E-state index is -0.845. The van der Waals surface area contributed by atoms with Gasteiger partial charge in [-0.05, 0) is 46.1 Å². The largest absolute Gasteiger partial charge is 0.602 e. The van der Waals surface area contributed by atoms with Gasteiger partial charge in [0.1, 0.15) is 5.60 Å². The van der Waals surface area contributed by atoms with Crippen molar-refractivity contribution in [3.63, 3.8) is 0 Å². The fraction of sp³-hybridized carbons (Fsp3) is 0.812. The molecule has 0 aromatic carbocycles. The van der Waals surface area contributed by atoms with E-state index >= 15 is 0 Å². The number of carbonyl (C=O) groups excluding carboxylic acids is 3. The second kappa shape index (κ2) is 6.51. The quantitative estimate of drug-likeness (QED) is 0.644. The Morgan fingerprint density at radius 3 is 2.32 bits per heavy atom. The minimum Gasteiger partial charge on any atom is -0.498 e. The second-order valence-corrected chi connectivity index (χ2v) is 8.14. The van der Waals surface area contributed by atoms with Gasteiger partial charge in [-0.1, -0.05) is 0 Å². The van der Waals surface area contributed by atoms with Crippen molar-refractivity contribution in [2.24, 2.45) is 11.8 Å². The summed E-state index contributed by atoms with van der Waals surface area (Å²) in [7, 11) is 0.820. The predicted molar refractivity (Wildman–Crippen MR) is 88.6 cm³/mol. The maximum absolute atomic E-state index is 12.2. The van der Waals surface area contributed by atoms with E-state index in [9.17, 15) is 14.4 Å². The zero-order valence-corrected chi connectivity index (χ0v) is 15.2. The van der Waals surface area contributed by atoms with E-state index in [0.29, 0.717) is 19.0 Å². The predicted octanol–water partition coefficient (Wildman–Crippen LogP) is 0.763. The van der Waals surface area contributed by atoms with E-state index in [1.54, 1.807) is 16.8 Å². The molecule has 0 aromatic rings. The van der Waals surface area contributed by atoms with Gasteiger partial charge in [0.25, 0.3) is 0 Å². The first-order valence-corrected chi connectivity index (χ1v) is 8.69. The Labute approximate surface area is 147 Å². The Morgan fingerprint density at radius 2 is 1.76 bits per heavy atom. The number of hydrogen-bond donors (Lipinski definition) is 0. The molecule has 1 aliphatic carbocycles. The van der Waals surface area contributed by atoms with Gasteiger partial charge in [0.05, 0.1) is 13.1 Å². The number of rotatable bonds is 1. The lowest BCUT2D eigenvalue weighted by atomic mass is 9.78. The van der Waals surface area contributed by atoms with Crippen molar-refractivity contribution in [3.05, 3.63) is 0 Å². The standard InChI is InChI=1S/C16H25BN2O6/c1-16(2,3)23-15(22)19-6-5-10-11(7-19)14(10)17-24-12(20)8-18(4)9-13(21)25-17/h10-11,14H,5-9H2,1-4H3. The lowest BCUT2D eigenvalue weighted by Gasteiger charge is -2.29. The smallest absolute Gasteiger partial charge is 0.498 e. The topological polar surface area (TPSA) is 85.4 Å². The third-order valence-corrected chi connectivity index (χ3v) is 4.82. The molecule has 0 radical (unpaired) electrons. The molecule has 2 aliphatic heterocycles. The van der Waals surface area contributed by atoms with Crippen LogP contribution in [0.1, 0.15) is 27.2 Å². The highest BCUT2D eigenvalue weighted by molar-refractivity contribution is 6.52. The summed E-state index contributed by atoms with van der Waals surface area (Å²) in [5.74, 6) is -0.352. The summed E-state index contributed by atoms with van der Waals surface area (Å²) in [6.07, 6.45) is 0.463. The fourth-order valence-corrected chi connectivity index (χ4v) is 3.70. The van der Waals surface area contributed by atoms with Crippen LogP contribution in [0, 0.1) is 11.8 Å². The van der Waals surface area contributed by atoms with Crippen LogP contribution in [0.3, 0.4) is 0 Å². The molecule has 0 spiro atoms. The molecule has 8 nitrogen and oxygen atoms in total. The number of piperidine rings is 1. The zero-order valence-electron chi connectivity index (χ0n) is 15.2. The summed E-state index contributed by atoms with van der Waals surface area (Å²) >= 11 is 0. The van der Waals surface area contributed by atoms with Gasteiger partial charge < -0.3 is 18.9 Å². The van der Waals surface area contributed by atoms with Crippen molar-refractivity contribution in [1.29, 1.82) is 0 Å². The average molecular weight is 352 g/mol. The number of carbonyl (C=O) groups is 3. The van der Waals surface area contributed by atoms with Crippen molar-refractivity contribution in [1.82, 2.24) is 9.80 Å². The molecule has 138 valence electrons. The lowest BCUT2D eigenvalue weighted by molar-refractivity contribution is -0.145. The fourth-order valence-electron chi connectivity index (χ4n) is 3.70. The van der Waals surface area contributed by atoms with Crippen molar-refractivity contribution >= 4 is 25.2 Å². The summed E-state index contributed by atoms with van der Waals surface area (Å²) in [5.41, 5.74) is -0.534. The minimum absolute atomic E-state index is 0.0382. The Hall–Kier alpha value is -1.77. The molecule has 0 aromatic heterocycles. The monoisotopic (exact) mass is 352 g/mol. The van der Waals surface area contributed by atoms with Crippen molar-refractivity contribution in [3.8, 4) is 0 Å². The third-order valence-electron chi connectivity index (χ3n) is 4.82. The normalized spacial score (nSPS) is 30.6. The number of fused-ring (bicyclic) bond motifs is 1. The van der Waals surface area contributed by atoms with Gasteiger partial charge in [-0.2, -0.15) is 0 Å². The van der Waals surface area contributed by atoms with Gasteiger partial charge in [0.15, 0.2) is 0 Å². The molecule has 0 N–H and O–H groups in total. The first-order valence-electron chi connectivity index (χ1n) is 8.69. The van der Waals surface area contributed by atoms with Gasteiger partial charge in [-0.15, -0.1) is 0 Å². The van der Waals surface area contributed by atoms with E-state index in [0.717, 1.165) is 6.42 Å². The SMILES string of the molecule is CN1CC(=O)OB(C2C3CCN(C(=O)OC(C)(C)C)CC32)OC(=O)C1. The maximum atomic E-state index is 12.2. The Bertz CT molecular complexity index is 557. The Balaban J connectivity index is 1.60. The van der Waals surface area contributed by atoms with Gasteiger partial charge in [0.2, 0.25) is 0 Å². The van der Waals surface area contributed by atoms with Crippen molar-refractivity contribution in [2.75, 3.05) is 33.2 Å². The van der Waals surface area contributed by atoms with Crippen LogP contribution in [0.15, 0.2) is 0 Å². The van der Waals surface area contributed by atoms with Crippen LogP contribution in [-0.2, 0) is 23.6 Å². The third kappa shape index (κ3) is 4.26. The van der Waals surface area contributed by atoms with E-state index in [-0.39, 0.29) is 30.9 Å². The molecule has 25 heavy (non-hydrogen) atoms. The molecule has 2 heterocycles. The number of hydrogen-bond acceptors (Lipinski definition) is 7. The molecule has 2 saturated heterocycles. The van der Waals surface area contributed by atoms with Gasteiger partial charge in [-0.3, -0.25) is 14.5 Å². The molecular weight excluding hydrogens is 327 g/mol. The van der Waals surface area contributed by atoms with E-state index in [2.05, 4.69) is 0 Å². The highest BCUT2D eigenvalue weighted by Gasteiger charge is 2.63. The van der Waals surface area contributed by atoms with Crippen molar-refractivity contribution < 1.29 is 28.4 Å². The molecule has 3 unspecified atom stereocenters.